The fourth-order valence-corrected chi connectivity index (χ4v) is 2.93. The summed E-state index contributed by atoms with van der Waals surface area (Å²) >= 11 is 0. The first-order valence-electron chi connectivity index (χ1n) is 5.00. The number of hydrogen-bond donors (Lipinski definition) is 1. The van der Waals surface area contributed by atoms with Crippen molar-refractivity contribution in [2.75, 3.05) is 0 Å². The average Bonchev–Trinajstić information content (AvgIpc) is 2.46. The largest absolute Gasteiger partial charge is 0.481 e. The number of carboxylic acids is 1. The van der Waals surface area contributed by atoms with Gasteiger partial charge in [0.15, 0.2) is 0 Å². The average molecular weight is 168 g/mol. The Kier molecular flexibility index (Phi) is 2.07. The smallest absolute Gasteiger partial charge is 0.306 e. The predicted molar refractivity (Wildman–Crippen MR) is 45.8 cm³/mol. The highest BCUT2D eigenvalue weighted by Crippen LogP contribution is 2.44. The van der Waals surface area contributed by atoms with Gasteiger partial charge >= 0.3 is 5.97 Å². The normalized spacial score (nSPS) is 36.3. The van der Waals surface area contributed by atoms with Gasteiger partial charge in [0.1, 0.15) is 0 Å². The van der Waals surface area contributed by atoms with Gasteiger partial charge in [-0.1, -0.05) is 25.7 Å². The Morgan fingerprint density at radius 1 is 1.08 bits per heavy atom. The number of carbonyl (C=O) groups is 1. The zero-order valence-corrected chi connectivity index (χ0v) is 7.33. The lowest BCUT2D eigenvalue weighted by atomic mass is 9.82. The molecule has 0 aromatic rings. The standard InChI is InChI=1S/C10H16O2/c11-10(12)9-5-7-3-1-2-4-8(7)6-9/h7-9H,1-6H2,(H,11,12)/t7-,8-/m0/s1. The molecule has 0 amide bonds. The lowest BCUT2D eigenvalue weighted by molar-refractivity contribution is -0.141. The molecule has 2 atom stereocenters. The monoisotopic (exact) mass is 168 g/mol. The molecular weight excluding hydrogens is 152 g/mol. The van der Waals surface area contributed by atoms with Crippen molar-refractivity contribution in [3.63, 3.8) is 0 Å². The summed E-state index contributed by atoms with van der Waals surface area (Å²) in [4.78, 5) is 10.7. The first-order chi connectivity index (χ1) is 5.77. The second kappa shape index (κ2) is 3.08. The van der Waals surface area contributed by atoms with E-state index >= 15 is 0 Å². The molecule has 0 spiro atoms. The van der Waals surface area contributed by atoms with E-state index in [0.717, 1.165) is 24.7 Å². The van der Waals surface area contributed by atoms with Crippen molar-refractivity contribution in [1.82, 2.24) is 0 Å². The quantitative estimate of drug-likeness (QED) is 0.652. The van der Waals surface area contributed by atoms with Crippen LogP contribution in [-0.2, 0) is 4.79 Å². The van der Waals surface area contributed by atoms with Crippen LogP contribution in [0.5, 0.6) is 0 Å². The molecule has 0 radical (unpaired) electrons. The Bertz CT molecular complexity index is 174. The fraction of sp³-hybridized carbons (Fsp3) is 0.900. The van der Waals surface area contributed by atoms with Crippen molar-refractivity contribution in [3.8, 4) is 0 Å². The van der Waals surface area contributed by atoms with E-state index in [9.17, 15) is 4.79 Å². The van der Waals surface area contributed by atoms with Gasteiger partial charge in [-0.15, -0.1) is 0 Å². The minimum absolute atomic E-state index is 0.0156. The first kappa shape index (κ1) is 8.09. The van der Waals surface area contributed by atoms with Gasteiger partial charge < -0.3 is 5.11 Å². The summed E-state index contributed by atoms with van der Waals surface area (Å²) in [6.45, 7) is 0. The van der Waals surface area contributed by atoms with Gasteiger partial charge in [0, 0.05) is 0 Å². The van der Waals surface area contributed by atoms with E-state index in [1.54, 1.807) is 0 Å². The Labute approximate surface area is 73.0 Å². The van der Waals surface area contributed by atoms with Crippen molar-refractivity contribution < 1.29 is 9.90 Å². The molecule has 0 aromatic heterocycles. The Morgan fingerprint density at radius 2 is 1.58 bits per heavy atom. The molecule has 0 aliphatic heterocycles. The van der Waals surface area contributed by atoms with E-state index in [0.29, 0.717) is 0 Å². The summed E-state index contributed by atoms with van der Waals surface area (Å²) in [6.07, 6.45) is 7.14. The van der Waals surface area contributed by atoms with Crippen LogP contribution in [0.4, 0.5) is 0 Å². The Balaban J connectivity index is 1.98. The van der Waals surface area contributed by atoms with E-state index < -0.39 is 5.97 Å². The van der Waals surface area contributed by atoms with E-state index in [2.05, 4.69) is 0 Å². The number of rotatable bonds is 1. The second-order valence-electron chi connectivity index (χ2n) is 4.31. The highest BCUT2D eigenvalue weighted by molar-refractivity contribution is 5.70. The van der Waals surface area contributed by atoms with Crippen LogP contribution in [0, 0.1) is 17.8 Å². The molecule has 2 aliphatic rings. The van der Waals surface area contributed by atoms with Crippen molar-refractivity contribution in [1.29, 1.82) is 0 Å². The van der Waals surface area contributed by atoms with Gasteiger partial charge in [0.25, 0.3) is 0 Å². The lowest BCUT2D eigenvalue weighted by Gasteiger charge is -2.24. The number of aliphatic carboxylic acids is 1. The Morgan fingerprint density at radius 3 is 2.00 bits per heavy atom. The van der Waals surface area contributed by atoms with Crippen molar-refractivity contribution in [2.45, 2.75) is 38.5 Å². The lowest BCUT2D eigenvalue weighted by Crippen LogP contribution is -2.12. The molecule has 2 nitrogen and oxygen atoms in total. The molecule has 2 aliphatic carbocycles. The first-order valence-corrected chi connectivity index (χ1v) is 5.00. The van der Waals surface area contributed by atoms with Crippen molar-refractivity contribution >= 4 is 5.97 Å². The molecule has 2 saturated carbocycles. The van der Waals surface area contributed by atoms with Crippen LogP contribution in [0.2, 0.25) is 0 Å². The molecule has 68 valence electrons. The molecule has 0 saturated heterocycles. The topological polar surface area (TPSA) is 37.3 Å². The van der Waals surface area contributed by atoms with Crippen LogP contribution in [0.15, 0.2) is 0 Å². The fourth-order valence-electron chi connectivity index (χ4n) is 2.93. The molecule has 1 N–H and O–H groups in total. The second-order valence-corrected chi connectivity index (χ2v) is 4.31. The van der Waals surface area contributed by atoms with E-state index in [1.165, 1.54) is 25.7 Å². The molecule has 12 heavy (non-hydrogen) atoms. The molecule has 2 rings (SSSR count). The number of fused-ring (bicyclic) bond motifs is 1. The predicted octanol–water partition coefficient (Wildman–Crippen LogP) is 2.29. The maximum atomic E-state index is 10.7. The van der Waals surface area contributed by atoms with Gasteiger partial charge in [0.2, 0.25) is 0 Å². The maximum absolute atomic E-state index is 10.7. The summed E-state index contributed by atoms with van der Waals surface area (Å²) < 4.78 is 0. The highest BCUT2D eigenvalue weighted by Gasteiger charge is 2.38. The molecular formula is C10H16O2. The van der Waals surface area contributed by atoms with Crippen LogP contribution < -0.4 is 0 Å². The van der Waals surface area contributed by atoms with Crippen molar-refractivity contribution in [3.05, 3.63) is 0 Å². The van der Waals surface area contributed by atoms with Gasteiger partial charge in [0.05, 0.1) is 5.92 Å². The third-order valence-electron chi connectivity index (χ3n) is 3.59. The zero-order chi connectivity index (χ0) is 8.55. The molecule has 0 unspecified atom stereocenters. The van der Waals surface area contributed by atoms with Crippen LogP contribution >= 0.6 is 0 Å². The van der Waals surface area contributed by atoms with Gasteiger partial charge in [-0.3, -0.25) is 4.79 Å². The number of carboxylic acid groups (broad SMARTS) is 1. The summed E-state index contributed by atoms with van der Waals surface area (Å²) in [6, 6.07) is 0. The van der Waals surface area contributed by atoms with Gasteiger partial charge in [-0.05, 0) is 24.7 Å². The molecule has 0 aromatic carbocycles. The third kappa shape index (κ3) is 1.35. The van der Waals surface area contributed by atoms with E-state index in [1.807, 2.05) is 0 Å². The molecule has 2 fully saturated rings. The van der Waals surface area contributed by atoms with E-state index in [-0.39, 0.29) is 5.92 Å². The summed E-state index contributed by atoms with van der Waals surface area (Å²) in [5, 5.41) is 8.86. The minimum atomic E-state index is -0.565. The highest BCUT2D eigenvalue weighted by atomic mass is 16.4. The summed E-state index contributed by atoms with van der Waals surface area (Å²) in [5.74, 6) is 0.919. The summed E-state index contributed by atoms with van der Waals surface area (Å²) in [5.41, 5.74) is 0. The number of hydrogen-bond acceptors (Lipinski definition) is 1. The van der Waals surface area contributed by atoms with Gasteiger partial charge in [-0.2, -0.15) is 0 Å². The SMILES string of the molecule is O=C(O)C1C[C@@H]2CCCC[C@H]2C1. The van der Waals surface area contributed by atoms with Crippen LogP contribution in [0.3, 0.4) is 0 Å². The third-order valence-corrected chi connectivity index (χ3v) is 3.59. The minimum Gasteiger partial charge on any atom is -0.481 e. The van der Waals surface area contributed by atoms with Crippen LogP contribution in [0.25, 0.3) is 0 Å². The van der Waals surface area contributed by atoms with Gasteiger partial charge in [-0.25, -0.2) is 0 Å². The molecule has 0 heterocycles. The van der Waals surface area contributed by atoms with Crippen LogP contribution in [-0.4, -0.2) is 11.1 Å². The summed E-state index contributed by atoms with van der Waals surface area (Å²) in [7, 11) is 0. The van der Waals surface area contributed by atoms with Crippen molar-refractivity contribution in [2.24, 2.45) is 17.8 Å². The van der Waals surface area contributed by atoms with Crippen LogP contribution in [0.1, 0.15) is 38.5 Å². The maximum Gasteiger partial charge on any atom is 0.306 e. The van der Waals surface area contributed by atoms with E-state index in [4.69, 9.17) is 5.11 Å². The zero-order valence-electron chi connectivity index (χ0n) is 7.33. The Hall–Kier alpha value is -0.530. The molecule has 0 bridgehead atoms. The molecule has 2 heteroatoms.